The number of nitrogens with two attached hydrogens (primary N) is 1. The van der Waals surface area contributed by atoms with Gasteiger partial charge < -0.3 is 15.4 Å². The van der Waals surface area contributed by atoms with E-state index >= 15 is 0 Å². The average Bonchev–Trinajstić information content (AvgIpc) is 2.97. The van der Waals surface area contributed by atoms with Gasteiger partial charge in [0.1, 0.15) is 11.1 Å². The number of hydrogen-bond acceptors (Lipinski definition) is 5. The minimum atomic E-state index is -0.0189. The fraction of sp³-hybridized carbons (Fsp3) is 0.375. The minimum Gasteiger partial charge on any atom is -0.399 e. The SMILES string of the molecule is CO[C@H](C)c1nc(CN(C)C(=O)Cc2ccc(N)cc2)cs1. The van der Waals surface area contributed by atoms with Crippen LogP contribution in [0.15, 0.2) is 29.6 Å². The number of rotatable bonds is 6. The Labute approximate surface area is 134 Å². The van der Waals surface area contributed by atoms with Gasteiger partial charge in [0, 0.05) is 25.2 Å². The number of methoxy groups -OCH3 is 1. The number of nitrogens with zero attached hydrogens (tertiary/aromatic N) is 2. The number of ether oxygens (including phenoxy) is 1. The van der Waals surface area contributed by atoms with E-state index in [4.69, 9.17) is 10.5 Å². The Hall–Kier alpha value is -1.92. The molecule has 118 valence electrons. The second-order valence-corrected chi connectivity index (χ2v) is 6.11. The molecule has 0 aliphatic heterocycles. The quantitative estimate of drug-likeness (QED) is 0.831. The molecule has 6 heteroatoms. The number of carbonyl (C=O) groups is 1. The third-order valence-electron chi connectivity index (χ3n) is 3.43. The summed E-state index contributed by atoms with van der Waals surface area (Å²) in [6.45, 7) is 2.46. The Morgan fingerprint density at radius 2 is 2.09 bits per heavy atom. The van der Waals surface area contributed by atoms with E-state index in [1.165, 1.54) is 0 Å². The van der Waals surface area contributed by atoms with Crippen LogP contribution in [0.5, 0.6) is 0 Å². The van der Waals surface area contributed by atoms with Gasteiger partial charge in [-0.3, -0.25) is 4.79 Å². The first-order valence-electron chi connectivity index (χ1n) is 7.05. The summed E-state index contributed by atoms with van der Waals surface area (Å²) in [5.74, 6) is 0.0547. The first-order chi connectivity index (χ1) is 10.5. The van der Waals surface area contributed by atoms with E-state index in [0.29, 0.717) is 18.7 Å². The van der Waals surface area contributed by atoms with Crippen molar-refractivity contribution in [1.82, 2.24) is 9.88 Å². The fourth-order valence-corrected chi connectivity index (χ4v) is 2.80. The average molecular weight is 319 g/mol. The second kappa shape index (κ2) is 7.38. The minimum absolute atomic E-state index is 0.0189. The highest BCUT2D eigenvalue weighted by Crippen LogP contribution is 2.21. The van der Waals surface area contributed by atoms with Crippen molar-refractivity contribution in [2.75, 3.05) is 19.9 Å². The van der Waals surface area contributed by atoms with Crippen molar-refractivity contribution in [2.24, 2.45) is 0 Å². The van der Waals surface area contributed by atoms with Crippen molar-refractivity contribution in [3.8, 4) is 0 Å². The number of amides is 1. The molecule has 0 aliphatic carbocycles. The first-order valence-corrected chi connectivity index (χ1v) is 7.93. The molecular weight excluding hydrogens is 298 g/mol. The molecule has 0 unspecified atom stereocenters. The van der Waals surface area contributed by atoms with Gasteiger partial charge in [-0.1, -0.05) is 12.1 Å². The molecule has 0 saturated heterocycles. The molecule has 0 fully saturated rings. The van der Waals surface area contributed by atoms with Crippen LogP contribution in [0.4, 0.5) is 5.69 Å². The Morgan fingerprint density at radius 1 is 1.41 bits per heavy atom. The summed E-state index contributed by atoms with van der Waals surface area (Å²) in [5.41, 5.74) is 8.19. The van der Waals surface area contributed by atoms with Crippen molar-refractivity contribution < 1.29 is 9.53 Å². The Bertz CT molecular complexity index is 625. The largest absolute Gasteiger partial charge is 0.399 e. The highest BCUT2D eigenvalue weighted by Gasteiger charge is 2.14. The summed E-state index contributed by atoms with van der Waals surface area (Å²) >= 11 is 1.55. The maximum absolute atomic E-state index is 12.2. The number of likely N-dealkylation sites (N-methyl/N-ethyl adjacent to an activating group) is 1. The van der Waals surface area contributed by atoms with Crippen LogP contribution < -0.4 is 5.73 Å². The van der Waals surface area contributed by atoms with Gasteiger partial charge in [0.15, 0.2) is 0 Å². The van der Waals surface area contributed by atoms with E-state index in [1.807, 2.05) is 36.6 Å². The molecule has 2 rings (SSSR count). The molecule has 2 aromatic rings. The van der Waals surface area contributed by atoms with Crippen molar-refractivity contribution in [1.29, 1.82) is 0 Å². The van der Waals surface area contributed by atoms with E-state index in [2.05, 4.69) is 4.98 Å². The van der Waals surface area contributed by atoms with Crippen LogP contribution in [0, 0.1) is 0 Å². The van der Waals surface area contributed by atoms with Crippen LogP contribution in [0.1, 0.15) is 29.3 Å². The van der Waals surface area contributed by atoms with E-state index < -0.39 is 0 Å². The van der Waals surface area contributed by atoms with Crippen molar-refractivity contribution in [3.63, 3.8) is 0 Å². The van der Waals surface area contributed by atoms with Gasteiger partial charge in [-0.15, -0.1) is 11.3 Å². The highest BCUT2D eigenvalue weighted by atomic mass is 32.1. The van der Waals surface area contributed by atoms with E-state index in [0.717, 1.165) is 16.3 Å². The van der Waals surface area contributed by atoms with Crippen molar-refractivity contribution in [3.05, 3.63) is 45.9 Å². The van der Waals surface area contributed by atoms with Crippen LogP contribution in [0.2, 0.25) is 0 Å². The maximum Gasteiger partial charge on any atom is 0.227 e. The predicted octanol–water partition coefficient (Wildman–Crippen LogP) is 2.63. The first kappa shape index (κ1) is 16.5. The third-order valence-corrected chi connectivity index (χ3v) is 4.49. The van der Waals surface area contributed by atoms with Gasteiger partial charge in [-0.05, 0) is 24.6 Å². The van der Waals surface area contributed by atoms with Crippen molar-refractivity contribution in [2.45, 2.75) is 26.0 Å². The highest BCUT2D eigenvalue weighted by molar-refractivity contribution is 7.09. The summed E-state index contributed by atoms with van der Waals surface area (Å²) < 4.78 is 5.25. The lowest BCUT2D eigenvalue weighted by molar-refractivity contribution is -0.129. The number of nitrogen functional groups attached to an aromatic ring is 1. The molecule has 1 amide bonds. The molecule has 5 nitrogen and oxygen atoms in total. The Morgan fingerprint density at radius 3 is 2.73 bits per heavy atom. The third kappa shape index (κ3) is 4.29. The summed E-state index contributed by atoms with van der Waals surface area (Å²) in [5, 5.41) is 2.90. The van der Waals surface area contributed by atoms with Crippen LogP contribution in [-0.2, 0) is 22.5 Å². The fourth-order valence-electron chi connectivity index (χ4n) is 1.96. The molecule has 1 aromatic carbocycles. The zero-order chi connectivity index (χ0) is 16.1. The lowest BCUT2D eigenvalue weighted by atomic mass is 10.1. The summed E-state index contributed by atoms with van der Waals surface area (Å²) in [6.07, 6.45) is 0.344. The molecule has 0 radical (unpaired) electrons. The topological polar surface area (TPSA) is 68.5 Å². The van der Waals surface area contributed by atoms with Gasteiger partial charge in [0.05, 0.1) is 18.7 Å². The molecule has 0 aliphatic rings. The molecule has 1 aromatic heterocycles. The number of aromatic nitrogens is 1. The van der Waals surface area contributed by atoms with Gasteiger partial charge in [0.25, 0.3) is 0 Å². The lowest BCUT2D eigenvalue weighted by Crippen LogP contribution is -2.27. The summed E-state index contributed by atoms with van der Waals surface area (Å²) in [6, 6.07) is 7.37. The van der Waals surface area contributed by atoms with Crippen LogP contribution in [0.3, 0.4) is 0 Å². The van der Waals surface area contributed by atoms with Crippen LogP contribution in [0.25, 0.3) is 0 Å². The van der Waals surface area contributed by atoms with Crippen LogP contribution in [-0.4, -0.2) is 29.9 Å². The van der Waals surface area contributed by atoms with Crippen LogP contribution >= 0.6 is 11.3 Å². The molecular formula is C16H21N3O2S. The normalized spacial score (nSPS) is 12.1. The molecule has 0 bridgehead atoms. The Kier molecular flexibility index (Phi) is 5.51. The maximum atomic E-state index is 12.2. The number of benzene rings is 1. The molecule has 0 saturated carbocycles. The van der Waals surface area contributed by atoms with Gasteiger partial charge in [-0.25, -0.2) is 4.98 Å². The van der Waals surface area contributed by atoms with E-state index in [9.17, 15) is 4.79 Å². The summed E-state index contributed by atoms with van der Waals surface area (Å²) in [4.78, 5) is 18.4. The zero-order valence-electron chi connectivity index (χ0n) is 13.1. The number of carbonyl (C=O) groups excluding carboxylic acids is 1. The van der Waals surface area contributed by atoms with Gasteiger partial charge >= 0.3 is 0 Å². The number of thiazole rings is 1. The van der Waals surface area contributed by atoms with Gasteiger partial charge in [0.2, 0.25) is 5.91 Å². The van der Waals surface area contributed by atoms with E-state index in [1.54, 1.807) is 30.4 Å². The molecule has 0 spiro atoms. The lowest BCUT2D eigenvalue weighted by Gasteiger charge is -2.16. The van der Waals surface area contributed by atoms with E-state index in [-0.39, 0.29) is 12.0 Å². The predicted molar refractivity (Wildman–Crippen MR) is 88.6 cm³/mol. The Balaban J connectivity index is 1.93. The number of anilines is 1. The molecule has 2 N–H and O–H groups in total. The van der Waals surface area contributed by atoms with Gasteiger partial charge in [-0.2, -0.15) is 0 Å². The standard InChI is InChI=1S/C16H21N3O2S/c1-11(21-3)16-18-14(10-22-16)9-19(2)15(20)8-12-4-6-13(17)7-5-12/h4-7,10-11H,8-9,17H2,1-3H3/t11-/m1/s1. The number of hydrogen-bond donors (Lipinski definition) is 1. The molecule has 22 heavy (non-hydrogen) atoms. The second-order valence-electron chi connectivity index (χ2n) is 5.22. The molecule has 1 atom stereocenters. The molecule has 1 heterocycles. The smallest absolute Gasteiger partial charge is 0.227 e. The zero-order valence-corrected chi connectivity index (χ0v) is 13.9. The monoisotopic (exact) mass is 319 g/mol. The van der Waals surface area contributed by atoms with Crippen molar-refractivity contribution >= 4 is 22.9 Å². The summed E-state index contributed by atoms with van der Waals surface area (Å²) in [7, 11) is 3.45.